The fourth-order valence-electron chi connectivity index (χ4n) is 4.89. The molecule has 3 rings (SSSR count). The number of hydrogen-bond donors (Lipinski definition) is 3. The number of amides is 3. The van der Waals surface area contributed by atoms with Gasteiger partial charge in [0.2, 0.25) is 0 Å². The van der Waals surface area contributed by atoms with E-state index < -0.39 is 22.0 Å². The molecule has 0 radical (unpaired) electrons. The molecule has 0 saturated heterocycles. The van der Waals surface area contributed by atoms with Crippen molar-refractivity contribution < 1.29 is 32.6 Å². The molecule has 0 aliphatic carbocycles. The highest BCUT2D eigenvalue weighted by Crippen LogP contribution is 2.29. The topological polar surface area (TPSA) is 155 Å². The van der Waals surface area contributed by atoms with Crippen LogP contribution < -0.4 is 14.8 Å². The zero-order chi connectivity index (χ0) is 32.6. The normalized spacial score (nSPS) is 21.2. The van der Waals surface area contributed by atoms with Crippen LogP contribution in [-0.2, 0) is 21.8 Å². The Morgan fingerprint density at radius 3 is 2.59 bits per heavy atom. The van der Waals surface area contributed by atoms with Gasteiger partial charge >= 0.3 is 6.03 Å². The van der Waals surface area contributed by atoms with Gasteiger partial charge in [-0.1, -0.05) is 6.92 Å². The molecule has 1 aromatic carbocycles. The molecule has 14 heteroatoms. The molecule has 1 aliphatic heterocycles. The Hall–Kier alpha value is -3.36. The van der Waals surface area contributed by atoms with Crippen LogP contribution in [0, 0.1) is 5.92 Å². The van der Waals surface area contributed by atoms with Crippen molar-refractivity contribution in [2.45, 2.75) is 83.2 Å². The summed E-state index contributed by atoms with van der Waals surface area (Å²) in [6, 6.07) is 3.79. The Morgan fingerprint density at radius 2 is 1.95 bits per heavy atom. The lowest BCUT2D eigenvalue weighted by Crippen LogP contribution is -2.49. The van der Waals surface area contributed by atoms with Crippen LogP contribution in [0.15, 0.2) is 35.7 Å². The first kappa shape index (κ1) is 35.1. The van der Waals surface area contributed by atoms with E-state index >= 15 is 0 Å². The smallest absolute Gasteiger partial charge is 0.317 e. The number of aliphatic hydroxyl groups is 1. The molecule has 13 nitrogen and oxygen atoms in total. The lowest BCUT2D eigenvalue weighted by Gasteiger charge is -2.36. The zero-order valence-electron chi connectivity index (χ0n) is 26.8. The summed E-state index contributed by atoms with van der Waals surface area (Å²) in [5, 5.41) is 12.9. The summed E-state index contributed by atoms with van der Waals surface area (Å²) in [6.07, 6.45) is 4.47. The number of nitrogens with zero attached hydrogens (tertiary/aromatic N) is 4. The van der Waals surface area contributed by atoms with Gasteiger partial charge < -0.3 is 34.3 Å². The first-order chi connectivity index (χ1) is 20.7. The summed E-state index contributed by atoms with van der Waals surface area (Å²) in [4.78, 5) is 34.0. The summed E-state index contributed by atoms with van der Waals surface area (Å²) >= 11 is 0. The Bertz CT molecular complexity index is 1370. The van der Waals surface area contributed by atoms with E-state index in [9.17, 15) is 23.1 Å². The number of benzene rings is 1. The molecule has 0 fully saturated rings. The maximum absolute atomic E-state index is 14.2. The van der Waals surface area contributed by atoms with Gasteiger partial charge in [0.15, 0.2) is 5.03 Å². The first-order valence-corrected chi connectivity index (χ1v) is 16.6. The molecule has 1 aromatic heterocycles. The third-order valence-corrected chi connectivity index (χ3v) is 8.74. The van der Waals surface area contributed by atoms with Crippen molar-refractivity contribution in [3.05, 3.63) is 36.3 Å². The number of ether oxygens (including phenoxy) is 2. The number of urea groups is 1. The second-order valence-electron chi connectivity index (χ2n) is 12.0. The van der Waals surface area contributed by atoms with Crippen molar-refractivity contribution in [1.29, 1.82) is 0 Å². The third kappa shape index (κ3) is 9.57. The van der Waals surface area contributed by atoms with Gasteiger partial charge in [0.25, 0.3) is 15.9 Å². The number of carbonyl (C=O) groups is 2. The molecule has 3 N–H and O–H groups in total. The van der Waals surface area contributed by atoms with Crippen molar-refractivity contribution in [3.8, 4) is 5.75 Å². The number of imidazole rings is 1. The minimum Gasteiger partial charge on any atom is -0.490 e. The maximum atomic E-state index is 14.2. The molecule has 2 heterocycles. The molecule has 2 aromatic rings. The number of carbonyl (C=O) groups excluding carboxylic acids is 2. The average molecular weight is 637 g/mol. The standard InChI is InChI=1S/C30H48N6O7S/c1-20(2)32-30(39)35(7)16-27-21(3)15-36(22(4)18-37)29(38)25-14-24(33-44(40,41)28-17-34(6)19-31-28)11-12-26(25)43-23(5)10-8-9-13-42-27/h11-12,14,17,19-23,27,33,37H,8-10,13,15-16,18H2,1-7H3,(H,32,39)/t21-,22+,23-,27+/m1/s1. The lowest BCUT2D eigenvalue weighted by molar-refractivity contribution is -0.0122. The molecule has 3 amide bonds. The van der Waals surface area contributed by atoms with Gasteiger partial charge in [0, 0.05) is 57.6 Å². The van der Waals surface area contributed by atoms with Crippen LogP contribution in [0.1, 0.15) is 64.2 Å². The Kier molecular flexibility index (Phi) is 12.4. The number of aliphatic hydroxyl groups excluding tert-OH is 1. The van der Waals surface area contributed by atoms with E-state index in [1.807, 2.05) is 27.7 Å². The van der Waals surface area contributed by atoms with E-state index in [0.29, 0.717) is 25.3 Å². The third-order valence-electron chi connectivity index (χ3n) is 7.47. The van der Waals surface area contributed by atoms with Crippen molar-refractivity contribution in [2.75, 3.05) is 38.1 Å². The van der Waals surface area contributed by atoms with Crippen LogP contribution >= 0.6 is 0 Å². The second-order valence-corrected chi connectivity index (χ2v) is 13.6. The molecule has 0 bridgehead atoms. The summed E-state index contributed by atoms with van der Waals surface area (Å²) < 4.78 is 42.5. The highest BCUT2D eigenvalue weighted by molar-refractivity contribution is 7.92. The van der Waals surface area contributed by atoms with Crippen LogP contribution in [0.25, 0.3) is 0 Å². The molecule has 0 spiro atoms. The van der Waals surface area contributed by atoms with Crippen LogP contribution in [0.5, 0.6) is 5.75 Å². The SMILES string of the molecule is CC(C)NC(=O)N(C)C[C@@H]1OCCCC[C@@H](C)Oc2ccc(NS(=O)(=O)c3cn(C)cn3)cc2C(=O)N([C@@H](C)CO)C[C@H]1C. The predicted octanol–water partition coefficient (Wildman–Crippen LogP) is 3.07. The van der Waals surface area contributed by atoms with Crippen LogP contribution in [-0.4, -0.2) is 102 Å². The highest BCUT2D eigenvalue weighted by atomic mass is 32.2. The maximum Gasteiger partial charge on any atom is 0.317 e. The van der Waals surface area contributed by atoms with Crippen LogP contribution in [0.2, 0.25) is 0 Å². The van der Waals surface area contributed by atoms with E-state index in [1.165, 1.54) is 23.2 Å². The molecule has 246 valence electrons. The molecule has 0 unspecified atom stereocenters. The van der Waals surface area contributed by atoms with Crippen LogP contribution in [0.3, 0.4) is 0 Å². The van der Waals surface area contributed by atoms with E-state index in [1.54, 1.807) is 43.0 Å². The van der Waals surface area contributed by atoms with Gasteiger partial charge in [-0.05, 0) is 65.2 Å². The number of sulfonamides is 1. The Morgan fingerprint density at radius 1 is 1.23 bits per heavy atom. The minimum absolute atomic E-state index is 0.0200. The molecular formula is C30H48N6O7S. The molecule has 4 atom stereocenters. The fourth-order valence-corrected chi connectivity index (χ4v) is 5.93. The fraction of sp³-hybridized carbons (Fsp3) is 0.633. The van der Waals surface area contributed by atoms with Crippen molar-refractivity contribution >= 4 is 27.6 Å². The summed E-state index contributed by atoms with van der Waals surface area (Å²) in [5.41, 5.74) is 0.331. The summed E-state index contributed by atoms with van der Waals surface area (Å²) in [6.45, 7) is 10.1. The Labute approximate surface area is 261 Å². The summed E-state index contributed by atoms with van der Waals surface area (Å²) in [5.74, 6) is -0.332. The van der Waals surface area contributed by atoms with Gasteiger partial charge in [-0.2, -0.15) is 8.42 Å². The minimum atomic E-state index is -4.01. The number of aryl methyl sites for hydroxylation is 1. The largest absolute Gasteiger partial charge is 0.490 e. The number of likely N-dealkylation sites (N-methyl/N-ethyl adjacent to an activating group) is 1. The van der Waals surface area contributed by atoms with Crippen molar-refractivity contribution in [3.63, 3.8) is 0 Å². The second kappa shape index (κ2) is 15.6. The van der Waals surface area contributed by atoms with Gasteiger partial charge in [-0.3, -0.25) is 9.52 Å². The van der Waals surface area contributed by atoms with Gasteiger partial charge in [-0.15, -0.1) is 0 Å². The van der Waals surface area contributed by atoms with Crippen LogP contribution in [0.4, 0.5) is 10.5 Å². The first-order valence-electron chi connectivity index (χ1n) is 15.1. The average Bonchev–Trinajstić information content (AvgIpc) is 3.41. The molecule has 44 heavy (non-hydrogen) atoms. The van der Waals surface area contributed by atoms with Gasteiger partial charge in [0.05, 0.1) is 36.7 Å². The number of hydrogen-bond acceptors (Lipinski definition) is 8. The zero-order valence-corrected chi connectivity index (χ0v) is 27.6. The molecule has 0 saturated carbocycles. The van der Waals surface area contributed by atoms with E-state index in [0.717, 1.165) is 12.8 Å². The Balaban J connectivity index is 1.98. The quantitative estimate of drug-likeness (QED) is 0.399. The highest BCUT2D eigenvalue weighted by Gasteiger charge is 2.31. The lowest BCUT2D eigenvalue weighted by atomic mass is 10.0. The summed E-state index contributed by atoms with van der Waals surface area (Å²) in [7, 11) is -0.637. The number of nitrogens with one attached hydrogen (secondary N) is 2. The predicted molar refractivity (Wildman–Crippen MR) is 167 cm³/mol. The van der Waals surface area contributed by atoms with Gasteiger partial charge in [-0.25, -0.2) is 9.78 Å². The number of rotatable bonds is 8. The van der Waals surface area contributed by atoms with E-state index in [2.05, 4.69) is 15.0 Å². The number of aromatic nitrogens is 2. The molecule has 1 aliphatic rings. The molecular weight excluding hydrogens is 588 g/mol. The number of fused-ring (bicyclic) bond motifs is 1. The van der Waals surface area contributed by atoms with Crippen molar-refractivity contribution in [1.82, 2.24) is 24.7 Å². The monoisotopic (exact) mass is 636 g/mol. The van der Waals surface area contributed by atoms with Crippen molar-refractivity contribution in [2.24, 2.45) is 13.0 Å². The van der Waals surface area contributed by atoms with E-state index in [-0.39, 0.29) is 59.6 Å². The van der Waals surface area contributed by atoms with E-state index in [4.69, 9.17) is 9.47 Å². The number of anilines is 1. The van der Waals surface area contributed by atoms with Gasteiger partial charge in [0.1, 0.15) is 5.75 Å².